The molecular formula is C14H15ClN4O. The van der Waals surface area contributed by atoms with E-state index < -0.39 is 0 Å². The first-order valence-corrected chi connectivity index (χ1v) is 6.54. The lowest BCUT2D eigenvalue weighted by atomic mass is 10.1. The third-order valence-corrected chi connectivity index (χ3v) is 3.23. The van der Waals surface area contributed by atoms with Gasteiger partial charge in [-0.1, -0.05) is 23.7 Å². The summed E-state index contributed by atoms with van der Waals surface area (Å²) in [5, 5.41) is 9.92. The first kappa shape index (κ1) is 14.3. The molecule has 104 valence electrons. The molecule has 0 saturated heterocycles. The van der Waals surface area contributed by atoms with Crippen molar-refractivity contribution in [2.45, 2.75) is 19.9 Å². The highest BCUT2D eigenvalue weighted by Gasteiger charge is 2.09. The number of H-pyrrole nitrogens is 1. The molecule has 0 saturated carbocycles. The number of hydrogen-bond donors (Lipinski definition) is 2. The van der Waals surface area contributed by atoms with E-state index in [9.17, 15) is 4.79 Å². The van der Waals surface area contributed by atoms with Crippen molar-refractivity contribution in [3.8, 4) is 0 Å². The number of nitrogens with one attached hydrogen (secondary N) is 2. The van der Waals surface area contributed by atoms with Gasteiger partial charge in [-0.2, -0.15) is 5.10 Å². The summed E-state index contributed by atoms with van der Waals surface area (Å²) >= 11 is 6.03. The summed E-state index contributed by atoms with van der Waals surface area (Å²) in [7, 11) is 0. The summed E-state index contributed by atoms with van der Waals surface area (Å²) in [5.74, 6) is 0.413. The lowest BCUT2D eigenvalue weighted by Gasteiger charge is -2.08. The highest BCUT2D eigenvalue weighted by Crippen LogP contribution is 2.17. The van der Waals surface area contributed by atoms with Gasteiger partial charge >= 0.3 is 0 Å². The minimum atomic E-state index is -0.226. The number of rotatable bonds is 4. The number of amides is 1. The molecule has 1 aromatic heterocycles. The summed E-state index contributed by atoms with van der Waals surface area (Å²) < 4.78 is 0. The maximum Gasteiger partial charge on any atom is 0.244 e. The standard InChI is InChI=1S/C14H15ClN4O/c1-9-3-4-11(7-12(9)15)5-6-13(20)18-10(2)14-16-8-17-19-14/h3-8,10H,1-2H3,(H,18,20)(H,16,17,19)/b6-5+. The van der Waals surface area contributed by atoms with E-state index >= 15 is 0 Å². The smallest absolute Gasteiger partial charge is 0.244 e. The lowest BCUT2D eigenvalue weighted by molar-refractivity contribution is -0.117. The molecule has 0 aliphatic carbocycles. The Bertz CT molecular complexity index is 622. The molecule has 2 N–H and O–H groups in total. The van der Waals surface area contributed by atoms with Gasteiger partial charge in [0.1, 0.15) is 12.2 Å². The Kier molecular flexibility index (Phi) is 4.53. The van der Waals surface area contributed by atoms with Crippen LogP contribution in [0.5, 0.6) is 0 Å². The predicted octanol–water partition coefficient (Wildman–Crippen LogP) is 2.66. The third-order valence-electron chi connectivity index (χ3n) is 2.83. The summed E-state index contributed by atoms with van der Waals surface area (Å²) in [6, 6.07) is 5.42. The molecule has 2 rings (SSSR count). The number of aromatic amines is 1. The third kappa shape index (κ3) is 3.68. The van der Waals surface area contributed by atoms with E-state index in [2.05, 4.69) is 20.5 Å². The number of hydrogen-bond acceptors (Lipinski definition) is 3. The van der Waals surface area contributed by atoms with Crippen LogP contribution in [0, 0.1) is 6.92 Å². The number of halogens is 1. The van der Waals surface area contributed by atoms with Gasteiger partial charge in [-0.15, -0.1) is 0 Å². The van der Waals surface area contributed by atoms with Crippen LogP contribution in [0.4, 0.5) is 0 Å². The fraction of sp³-hybridized carbons (Fsp3) is 0.214. The molecule has 2 aromatic rings. The Balaban J connectivity index is 1.97. The molecule has 1 atom stereocenters. The predicted molar refractivity (Wildman–Crippen MR) is 78.2 cm³/mol. The molecule has 0 aliphatic heterocycles. The largest absolute Gasteiger partial charge is 0.343 e. The maximum atomic E-state index is 11.8. The van der Waals surface area contributed by atoms with Gasteiger partial charge in [0.05, 0.1) is 6.04 Å². The quantitative estimate of drug-likeness (QED) is 0.851. The van der Waals surface area contributed by atoms with Gasteiger partial charge in [0.25, 0.3) is 0 Å². The van der Waals surface area contributed by atoms with E-state index in [1.165, 1.54) is 12.4 Å². The van der Waals surface area contributed by atoms with Crippen LogP contribution < -0.4 is 5.32 Å². The second-order valence-corrected chi connectivity index (χ2v) is 4.85. The number of nitrogens with zero attached hydrogens (tertiary/aromatic N) is 2. The number of aromatic nitrogens is 3. The van der Waals surface area contributed by atoms with Crippen molar-refractivity contribution in [2.24, 2.45) is 0 Å². The highest BCUT2D eigenvalue weighted by molar-refractivity contribution is 6.31. The molecule has 1 amide bonds. The SMILES string of the molecule is Cc1ccc(/C=C/C(=O)NC(C)c2ncn[nH]2)cc1Cl. The monoisotopic (exact) mass is 290 g/mol. The Labute approximate surface area is 122 Å². The molecule has 0 spiro atoms. The molecule has 0 aliphatic rings. The normalized spacial score (nSPS) is 12.6. The Morgan fingerprint density at radius 3 is 2.95 bits per heavy atom. The number of carbonyl (C=O) groups is 1. The van der Waals surface area contributed by atoms with Crippen molar-refractivity contribution in [3.05, 3.63) is 52.6 Å². The molecule has 1 unspecified atom stereocenters. The van der Waals surface area contributed by atoms with Crippen LogP contribution in [0.1, 0.15) is 29.9 Å². The second kappa shape index (κ2) is 6.34. The fourth-order valence-electron chi connectivity index (χ4n) is 1.64. The number of aryl methyl sites for hydroxylation is 1. The first-order chi connectivity index (χ1) is 9.56. The molecule has 0 bridgehead atoms. The van der Waals surface area contributed by atoms with E-state index in [1.807, 2.05) is 32.0 Å². The topological polar surface area (TPSA) is 70.7 Å². The second-order valence-electron chi connectivity index (χ2n) is 4.44. The van der Waals surface area contributed by atoms with Gasteiger partial charge < -0.3 is 5.32 Å². The molecule has 1 aromatic carbocycles. The van der Waals surface area contributed by atoms with Crippen molar-refractivity contribution in [1.29, 1.82) is 0 Å². The van der Waals surface area contributed by atoms with E-state index in [0.717, 1.165) is 11.1 Å². The van der Waals surface area contributed by atoms with E-state index in [0.29, 0.717) is 10.8 Å². The highest BCUT2D eigenvalue weighted by atomic mass is 35.5. The molecule has 5 nitrogen and oxygen atoms in total. The Morgan fingerprint density at radius 2 is 2.30 bits per heavy atom. The molecule has 0 fully saturated rings. The molecule has 1 heterocycles. The zero-order valence-electron chi connectivity index (χ0n) is 11.2. The van der Waals surface area contributed by atoms with E-state index in [-0.39, 0.29) is 11.9 Å². The van der Waals surface area contributed by atoms with Gasteiger partial charge in [-0.25, -0.2) is 4.98 Å². The number of carbonyl (C=O) groups excluding carboxylic acids is 1. The maximum absolute atomic E-state index is 11.8. The first-order valence-electron chi connectivity index (χ1n) is 6.16. The van der Waals surface area contributed by atoms with Crippen molar-refractivity contribution in [2.75, 3.05) is 0 Å². The van der Waals surface area contributed by atoms with Gasteiger partial charge in [-0.3, -0.25) is 9.89 Å². The van der Waals surface area contributed by atoms with E-state index in [1.54, 1.807) is 6.08 Å². The van der Waals surface area contributed by atoms with Crippen LogP contribution in [0.2, 0.25) is 5.02 Å². The summed E-state index contributed by atoms with van der Waals surface area (Å²) in [5.41, 5.74) is 1.88. The van der Waals surface area contributed by atoms with Gasteiger partial charge in [-0.05, 0) is 37.1 Å². The van der Waals surface area contributed by atoms with Gasteiger partial charge in [0, 0.05) is 11.1 Å². The number of benzene rings is 1. The van der Waals surface area contributed by atoms with Crippen molar-refractivity contribution >= 4 is 23.6 Å². The van der Waals surface area contributed by atoms with Crippen LogP contribution in [0.3, 0.4) is 0 Å². The minimum absolute atomic E-state index is 0.203. The molecular weight excluding hydrogens is 276 g/mol. The summed E-state index contributed by atoms with van der Waals surface area (Å²) in [6.45, 7) is 3.76. The molecule has 6 heteroatoms. The van der Waals surface area contributed by atoms with Crippen molar-refractivity contribution in [1.82, 2.24) is 20.5 Å². The Morgan fingerprint density at radius 1 is 1.50 bits per heavy atom. The average Bonchev–Trinajstić information content (AvgIpc) is 2.94. The van der Waals surface area contributed by atoms with Crippen molar-refractivity contribution < 1.29 is 4.79 Å². The average molecular weight is 291 g/mol. The zero-order chi connectivity index (χ0) is 14.5. The van der Waals surface area contributed by atoms with E-state index in [4.69, 9.17) is 11.6 Å². The van der Waals surface area contributed by atoms with Crippen LogP contribution in [0.25, 0.3) is 6.08 Å². The molecule has 20 heavy (non-hydrogen) atoms. The van der Waals surface area contributed by atoms with Crippen LogP contribution in [-0.4, -0.2) is 21.1 Å². The molecule has 0 radical (unpaired) electrons. The summed E-state index contributed by atoms with van der Waals surface area (Å²) in [4.78, 5) is 15.8. The van der Waals surface area contributed by atoms with Gasteiger partial charge in [0.2, 0.25) is 5.91 Å². The minimum Gasteiger partial charge on any atom is -0.343 e. The van der Waals surface area contributed by atoms with Crippen LogP contribution >= 0.6 is 11.6 Å². The lowest BCUT2D eigenvalue weighted by Crippen LogP contribution is -2.25. The fourth-order valence-corrected chi connectivity index (χ4v) is 1.83. The van der Waals surface area contributed by atoms with Gasteiger partial charge in [0.15, 0.2) is 0 Å². The van der Waals surface area contributed by atoms with Crippen molar-refractivity contribution in [3.63, 3.8) is 0 Å². The summed E-state index contributed by atoms with van der Waals surface area (Å²) in [6.07, 6.45) is 4.59. The van der Waals surface area contributed by atoms with Crippen LogP contribution in [0.15, 0.2) is 30.6 Å². The Hall–Kier alpha value is -2.14. The zero-order valence-corrected chi connectivity index (χ0v) is 12.0. The van der Waals surface area contributed by atoms with Crippen LogP contribution in [-0.2, 0) is 4.79 Å².